The fraction of sp³-hybridized carbons (Fsp3) is 0.409. The monoisotopic (exact) mass is 471 g/mol. The number of rotatable bonds is 6. The highest BCUT2D eigenvalue weighted by Crippen LogP contribution is 2.48. The van der Waals surface area contributed by atoms with Crippen molar-refractivity contribution in [3.05, 3.63) is 41.2 Å². The summed E-state index contributed by atoms with van der Waals surface area (Å²) in [5.74, 6) is -0.846. The van der Waals surface area contributed by atoms with Crippen molar-refractivity contribution in [1.29, 1.82) is 0 Å². The largest absolute Gasteiger partial charge is 0.494 e. The molecule has 33 heavy (non-hydrogen) atoms. The van der Waals surface area contributed by atoms with Crippen LogP contribution in [0.1, 0.15) is 41.0 Å². The zero-order valence-corrected chi connectivity index (χ0v) is 19.2. The second kappa shape index (κ2) is 8.31. The third-order valence-corrected chi connectivity index (χ3v) is 6.54. The minimum absolute atomic E-state index is 0.00286. The topological polar surface area (TPSA) is 108 Å². The van der Waals surface area contributed by atoms with Gasteiger partial charge in [0.2, 0.25) is 5.13 Å². The van der Waals surface area contributed by atoms with Crippen molar-refractivity contribution in [2.24, 2.45) is 0 Å². The molecule has 3 aromatic heterocycles. The number of amides is 1. The summed E-state index contributed by atoms with van der Waals surface area (Å²) in [5, 5.41) is 11.3. The van der Waals surface area contributed by atoms with E-state index in [1.165, 1.54) is 19.5 Å². The first-order valence-corrected chi connectivity index (χ1v) is 11.3. The van der Waals surface area contributed by atoms with E-state index < -0.39 is 11.7 Å². The molecular formula is C22H22FN5O4S. The first kappa shape index (κ1) is 21.7. The van der Waals surface area contributed by atoms with Gasteiger partial charge in [-0.25, -0.2) is 4.39 Å². The third-order valence-electron chi connectivity index (χ3n) is 5.81. The van der Waals surface area contributed by atoms with Crippen LogP contribution in [0.2, 0.25) is 0 Å². The molecule has 1 N–H and O–H groups in total. The van der Waals surface area contributed by atoms with Crippen molar-refractivity contribution in [2.45, 2.75) is 44.8 Å². The van der Waals surface area contributed by atoms with Crippen LogP contribution in [0.25, 0.3) is 11.1 Å². The lowest BCUT2D eigenvalue weighted by Gasteiger charge is -2.14. The maximum absolute atomic E-state index is 15.1. The quantitative estimate of drug-likeness (QED) is 0.580. The molecule has 0 bridgehead atoms. The molecule has 1 aliphatic carbocycles. The first-order valence-electron chi connectivity index (χ1n) is 10.5. The Labute approximate surface area is 193 Å². The van der Waals surface area contributed by atoms with E-state index in [-0.39, 0.29) is 39.4 Å². The number of hydrogen-bond donors (Lipinski definition) is 1. The Bertz CT molecular complexity index is 1230. The number of nitrogens with zero attached hydrogens (tertiary/aromatic N) is 4. The van der Waals surface area contributed by atoms with E-state index in [0.717, 1.165) is 30.6 Å². The van der Waals surface area contributed by atoms with E-state index in [2.05, 4.69) is 25.5 Å². The summed E-state index contributed by atoms with van der Waals surface area (Å²) in [6.07, 6.45) is 5.74. The zero-order chi connectivity index (χ0) is 23.2. The molecule has 4 heterocycles. The van der Waals surface area contributed by atoms with Crippen LogP contribution in [0, 0.1) is 19.7 Å². The lowest BCUT2D eigenvalue weighted by molar-refractivity contribution is 0.0783. The molecule has 172 valence electrons. The van der Waals surface area contributed by atoms with Gasteiger partial charge in [-0.1, -0.05) is 5.10 Å². The van der Waals surface area contributed by atoms with Crippen LogP contribution in [0.4, 0.5) is 9.52 Å². The number of carbonyl (C=O) groups excluding carboxylic acids is 1. The molecule has 0 radical (unpaired) electrons. The maximum Gasteiger partial charge on any atom is 0.296 e. The normalized spacial score (nSPS) is 18.4. The predicted octanol–water partition coefficient (Wildman–Crippen LogP) is 3.71. The lowest BCUT2D eigenvalue weighted by atomic mass is 9.99. The van der Waals surface area contributed by atoms with Gasteiger partial charge in [0.25, 0.3) is 11.1 Å². The van der Waals surface area contributed by atoms with E-state index in [1.807, 2.05) is 0 Å². The number of nitrogens with one attached hydrogen (secondary N) is 1. The van der Waals surface area contributed by atoms with Gasteiger partial charge in [0.05, 0.1) is 42.3 Å². The number of hydrogen-bond acceptors (Lipinski definition) is 9. The summed E-state index contributed by atoms with van der Waals surface area (Å²) in [7, 11) is 1.42. The van der Waals surface area contributed by atoms with Crippen LogP contribution in [0.3, 0.4) is 0 Å². The van der Waals surface area contributed by atoms with Gasteiger partial charge in [-0.15, -0.1) is 5.10 Å². The van der Waals surface area contributed by atoms with E-state index >= 15 is 4.39 Å². The second-order valence-corrected chi connectivity index (χ2v) is 9.18. The zero-order valence-electron chi connectivity index (χ0n) is 18.3. The van der Waals surface area contributed by atoms with E-state index in [9.17, 15) is 4.79 Å². The highest BCUT2D eigenvalue weighted by Gasteiger charge is 2.51. The van der Waals surface area contributed by atoms with Gasteiger partial charge in [-0.3, -0.25) is 20.1 Å². The van der Waals surface area contributed by atoms with Crippen molar-refractivity contribution in [3.8, 4) is 22.1 Å². The molecule has 2 fully saturated rings. The summed E-state index contributed by atoms with van der Waals surface area (Å²) >= 11 is 1.12. The average molecular weight is 472 g/mol. The van der Waals surface area contributed by atoms with Crippen molar-refractivity contribution in [3.63, 3.8) is 0 Å². The summed E-state index contributed by atoms with van der Waals surface area (Å²) in [4.78, 5) is 21.3. The Morgan fingerprint density at radius 2 is 2.09 bits per heavy atom. The fourth-order valence-corrected chi connectivity index (χ4v) is 4.56. The Hall–Kier alpha value is -3.18. The Kier molecular flexibility index (Phi) is 5.45. The summed E-state index contributed by atoms with van der Waals surface area (Å²) < 4.78 is 32.0. The molecule has 1 spiro atoms. The molecule has 11 heteroatoms. The van der Waals surface area contributed by atoms with Gasteiger partial charge in [-0.2, -0.15) is 0 Å². The van der Waals surface area contributed by atoms with Gasteiger partial charge >= 0.3 is 0 Å². The van der Waals surface area contributed by atoms with Crippen molar-refractivity contribution < 1.29 is 23.4 Å². The maximum atomic E-state index is 15.1. The van der Waals surface area contributed by atoms with Crippen LogP contribution in [0.5, 0.6) is 10.9 Å². The molecule has 1 aliphatic heterocycles. The fourth-order valence-electron chi connectivity index (χ4n) is 3.90. The smallest absolute Gasteiger partial charge is 0.296 e. The van der Waals surface area contributed by atoms with Crippen molar-refractivity contribution in [2.75, 3.05) is 19.0 Å². The SMILES string of the molecule is COc1cnc(C)c(F)c1-c1cc(C)ncc1C(=O)Nc1nnc(O[C@@H]2COC3(CC3)C2)s1. The molecule has 9 nitrogen and oxygen atoms in total. The Balaban J connectivity index is 1.38. The molecule has 0 aromatic carbocycles. The summed E-state index contributed by atoms with van der Waals surface area (Å²) in [6.45, 7) is 3.84. The number of methoxy groups -OCH3 is 1. The molecule has 2 aliphatic rings. The second-order valence-electron chi connectivity index (χ2n) is 8.24. The highest BCUT2D eigenvalue weighted by molar-refractivity contribution is 7.17. The molecule has 1 saturated carbocycles. The van der Waals surface area contributed by atoms with Crippen molar-refractivity contribution in [1.82, 2.24) is 20.2 Å². The van der Waals surface area contributed by atoms with E-state index in [4.69, 9.17) is 14.2 Å². The summed E-state index contributed by atoms with van der Waals surface area (Å²) in [6, 6.07) is 1.64. The number of carbonyl (C=O) groups is 1. The molecular weight excluding hydrogens is 449 g/mol. The molecule has 0 unspecified atom stereocenters. The van der Waals surface area contributed by atoms with Crippen LogP contribution >= 0.6 is 11.3 Å². The van der Waals surface area contributed by atoms with E-state index in [0.29, 0.717) is 23.1 Å². The minimum Gasteiger partial charge on any atom is -0.494 e. The number of anilines is 1. The third kappa shape index (κ3) is 4.25. The van der Waals surface area contributed by atoms with Crippen LogP contribution < -0.4 is 14.8 Å². The number of ether oxygens (including phenoxy) is 3. The van der Waals surface area contributed by atoms with E-state index in [1.54, 1.807) is 19.9 Å². The van der Waals surface area contributed by atoms with Gasteiger partial charge in [0.15, 0.2) is 5.82 Å². The molecule has 1 amide bonds. The summed E-state index contributed by atoms with van der Waals surface area (Å²) in [5.41, 5.74) is 1.48. The molecule has 3 aromatic rings. The van der Waals surface area contributed by atoms with Gasteiger partial charge < -0.3 is 14.2 Å². The Morgan fingerprint density at radius 3 is 2.82 bits per heavy atom. The minimum atomic E-state index is -0.562. The van der Waals surface area contributed by atoms with Crippen LogP contribution in [-0.2, 0) is 4.74 Å². The van der Waals surface area contributed by atoms with Crippen LogP contribution in [-0.4, -0.2) is 51.5 Å². The number of aromatic nitrogens is 4. The number of pyridine rings is 2. The van der Waals surface area contributed by atoms with Crippen molar-refractivity contribution >= 4 is 22.4 Å². The Morgan fingerprint density at radius 1 is 1.27 bits per heavy atom. The molecule has 5 rings (SSSR count). The van der Waals surface area contributed by atoms with Gasteiger partial charge in [0, 0.05) is 23.9 Å². The number of aryl methyl sites for hydroxylation is 2. The number of halogens is 1. The van der Waals surface area contributed by atoms with Gasteiger partial charge in [0.1, 0.15) is 11.9 Å². The first-order chi connectivity index (χ1) is 15.9. The molecule has 1 atom stereocenters. The van der Waals surface area contributed by atoms with Crippen LogP contribution in [0.15, 0.2) is 18.5 Å². The highest BCUT2D eigenvalue weighted by atomic mass is 32.1. The molecule has 1 saturated heterocycles. The predicted molar refractivity (Wildman–Crippen MR) is 118 cm³/mol. The van der Waals surface area contributed by atoms with Gasteiger partial charge in [-0.05, 0) is 44.1 Å². The standard InChI is InChI=1S/C22H22FN5O4S/c1-11-6-14(17-16(30-3)9-25-12(2)18(17)23)15(8-24-11)19(29)26-20-27-28-21(33-20)32-13-7-22(4-5-22)31-10-13/h6,8-9,13H,4-5,7,10H2,1-3H3,(H,26,27,29)/t13-/m0/s1. The lowest BCUT2D eigenvalue weighted by Crippen LogP contribution is -2.16. The average Bonchev–Trinajstić information content (AvgIpc) is 3.21.